The van der Waals surface area contributed by atoms with Crippen molar-refractivity contribution in [2.45, 2.75) is 59.4 Å². The molecule has 0 aliphatic carbocycles. The highest BCUT2D eigenvalue weighted by molar-refractivity contribution is 5.78. The van der Waals surface area contributed by atoms with Gasteiger partial charge in [0.15, 0.2) is 0 Å². The van der Waals surface area contributed by atoms with Gasteiger partial charge in [0, 0.05) is 0 Å². The molecule has 0 heterocycles. The number of carbonyl (C=O) groups is 1. The zero-order valence-electron chi connectivity index (χ0n) is 10.7. The molecule has 0 atom stereocenters. The van der Waals surface area contributed by atoms with Crippen molar-refractivity contribution in [2.24, 2.45) is 5.41 Å². The number of hydrogen-bond donors (Lipinski definition) is 2. The van der Waals surface area contributed by atoms with Crippen molar-refractivity contribution in [3.63, 3.8) is 0 Å². The molecule has 0 fully saturated rings. The van der Waals surface area contributed by atoms with Crippen LogP contribution in [0.4, 0.5) is 0 Å². The van der Waals surface area contributed by atoms with Crippen LogP contribution in [0.2, 0.25) is 0 Å². The lowest BCUT2D eigenvalue weighted by Gasteiger charge is -2.30. The Kier molecular flexibility index (Phi) is 5.29. The van der Waals surface area contributed by atoms with Gasteiger partial charge >= 0.3 is 5.97 Å². The van der Waals surface area contributed by atoms with Crippen LogP contribution >= 0.6 is 0 Å². The summed E-state index contributed by atoms with van der Waals surface area (Å²) in [4.78, 5) is 11.2. The van der Waals surface area contributed by atoms with Crippen LogP contribution in [0.25, 0.3) is 0 Å². The lowest BCUT2D eigenvalue weighted by atomic mass is 9.89. The number of carboxylic acids is 1. The van der Waals surface area contributed by atoms with Gasteiger partial charge in [0.2, 0.25) is 0 Å². The smallest absolute Gasteiger partial charge is 0.323 e. The molecule has 90 valence electrons. The van der Waals surface area contributed by atoms with Crippen LogP contribution < -0.4 is 5.32 Å². The Balaban J connectivity index is 4.26. The Labute approximate surface area is 93.3 Å². The fourth-order valence-electron chi connectivity index (χ4n) is 1.55. The van der Waals surface area contributed by atoms with Crippen LogP contribution in [0.5, 0.6) is 0 Å². The molecular formula is C12H25NO2. The van der Waals surface area contributed by atoms with Crippen molar-refractivity contribution < 1.29 is 9.90 Å². The van der Waals surface area contributed by atoms with E-state index in [0.717, 1.165) is 13.0 Å². The van der Waals surface area contributed by atoms with Crippen molar-refractivity contribution in [1.29, 1.82) is 0 Å². The normalized spacial score (nSPS) is 12.9. The summed E-state index contributed by atoms with van der Waals surface area (Å²) in [5, 5.41) is 12.4. The monoisotopic (exact) mass is 215 g/mol. The van der Waals surface area contributed by atoms with Crippen LogP contribution in [-0.4, -0.2) is 23.2 Å². The minimum atomic E-state index is -0.735. The number of nitrogens with one attached hydrogen (secondary N) is 1. The average molecular weight is 215 g/mol. The summed E-state index contributed by atoms with van der Waals surface area (Å²) in [5.74, 6) is -0.735. The van der Waals surface area contributed by atoms with E-state index in [2.05, 4.69) is 26.1 Å². The standard InChI is InChI=1S/C12H25NO2/c1-6-12(7-2,10(14)15)13-9-8-11(3,4)5/h13H,6-9H2,1-5H3,(H,14,15). The maximum Gasteiger partial charge on any atom is 0.323 e. The predicted molar refractivity (Wildman–Crippen MR) is 63.0 cm³/mol. The molecule has 0 radical (unpaired) electrons. The van der Waals surface area contributed by atoms with Gasteiger partial charge in [-0.1, -0.05) is 34.6 Å². The van der Waals surface area contributed by atoms with Crippen molar-refractivity contribution in [1.82, 2.24) is 5.32 Å². The SMILES string of the molecule is CCC(CC)(NCCC(C)(C)C)C(=O)O. The van der Waals surface area contributed by atoms with Crippen LogP contribution in [0, 0.1) is 5.41 Å². The second-order valence-electron chi connectivity index (χ2n) is 5.33. The molecule has 0 saturated carbocycles. The molecule has 15 heavy (non-hydrogen) atoms. The van der Waals surface area contributed by atoms with Gasteiger partial charge in [-0.15, -0.1) is 0 Å². The third-order valence-corrected chi connectivity index (χ3v) is 2.95. The van der Waals surface area contributed by atoms with Gasteiger partial charge in [-0.25, -0.2) is 0 Å². The number of rotatable bonds is 6. The molecule has 0 bridgehead atoms. The Morgan fingerprint density at radius 3 is 1.93 bits per heavy atom. The summed E-state index contributed by atoms with van der Waals surface area (Å²) < 4.78 is 0. The van der Waals surface area contributed by atoms with Crippen molar-refractivity contribution >= 4 is 5.97 Å². The van der Waals surface area contributed by atoms with E-state index in [-0.39, 0.29) is 5.41 Å². The van der Waals surface area contributed by atoms with E-state index < -0.39 is 11.5 Å². The lowest BCUT2D eigenvalue weighted by molar-refractivity contribution is -0.145. The van der Waals surface area contributed by atoms with E-state index >= 15 is 0 Å². The molecule has 0 saturated heterocycles. The first-order valence-electron chi connectivity index (χ1n) is 5.76. The molecule has 3 heteroatoms. The zero-order chi connectivity index (χ0) is 12.1. The summed E-state index contributed by atoms with van der Waals surface area (Å²) >= 11 is 0. The lowest BCUT2D eigenvalue weighted by Crippen LogP contribution is -2.51. The minimum Gasteiger partial charge on any atom is -0.480 e. The van der Waals surface area contributed by atoms with Crippen molar-refractivity contribution in [3.8, 4) is 0 Å². The summed E-state index contributed by atoms with van der Waals surface area (Å²) in [7, 11) is 0. The fourth-order valence-corrected chi connectivity index (χ4v) is 1.55. The highest BCUT2D eigenvalue weighted by Gasteiger charge is 2.34. The van der Waals surface area contributed by atoms with Gasteiger partial charge in [0.05, 0.1) is 0 Å². The predicted octanol–water partition coefficient (Wildman–Crippen LogP) is 2.66. The summed E-state index contributed by atoms with van der Waals surface area (Å²) in [6.45, 7) is 11.1. The Morgan fingerprint density at radius 2 is 1.67 bits per heavy atom. The molecule has 0 unspecified atom stereocenters. The maximum absolute atomic E-state index is 11.2. The molecule has 0 aromatic carbocycles. The Hall–Kier alpha value is -0.570. The van der Waals surface area contributed by atoms with E-state index in [4.69, 9.17) is 0 Å². The van der Waals surface area contributed by atoms with E-state index in [1.54, 1.807) is 0 Å². The van der Waals surface area contributed by atoms with Gasteiger partial charge in [0.1, 0.15) is 5.54 Å². The van der Waals surface area contributed by atoms with Gasteiger partial charge in [-0.2, -0.15) is 0 Å². The molecule has 0 rings (SSSR count). The number of carboxylic acid groups (broad SMARTS) is 1. The molecular weight excluding hydrogens is 190 g/mol. The molecule has 3 nitrogen and oxygen atoms in total. The Bertz CT molecular complexity index is 202. The van der Waals surface area contributed by atoms with Crippen LogP contribution in [0.3, 0.4) is 0 Å². The van der Waals surface area contributed by atoms with Crippen molar-refractivity contribution in [3.05, 3.63) is 0 Å². The quantitative estimate of drug-likeness (QED) is 0.716. The van der Waals surface area contributed by atoms with Crippen LogP contribution in [0.15, 0.2) is 0 Å². The van der Waals surface area contributed by atoms with Gasteiger partial charge < -0.3 is 10.4 Å². The van der Waals surface area contributed by atoms with E-state index in [0.29, 0.717) is 12.8 Å². The topological polar surface area (TPSA) is 49.3 Å². The number of aliphatic carboxylic acids is 1. The van der Waals surface area contributed by atoms with Gasteiger partial charge in [-0.3, -0.25) is 4.79 Å². The first-order valence-corrected chi connectivity index (χ1v) is 5.76. The summed E-state index contributed by atoms with van der Waals surface area (Å²) in [6.07, 6.45) is 2.24. The zero-order valence-corrected chi connectivity index (χ0v) is 10.7. The molecule has 0 spiro atoms. The fraction of sp³-hybridized carbons (Fsp3) is 0.917. The third-order valence-electron chi connectivity index (χ3n) is 2.95. The third kappa shape index (κ3) is 4.65. The molecule has 0 aromatic rings. The van der Waals surface area contributed by atoms with E-state index in [1.807, 2.05) is 13.8 Å². The largest absolute Gasteiger partial charge is 0.480 e. The number of hydrogen-bond acceptors (Lipinski definition) is 2. The molecule has 0 amide bonds. The first-order chi connectivity index (χ1) is 6.77. The summed E-state index contributed by atoms with van der Waals surface area (Å²) in [5.41, 5.74) is -0.482. The van der Waals surface area contributed by atoms with E-state index in [9.17, 15) is 9.90 Å². The van der Waals surface area contributed by atoms with Gasteiger partial charge in [0.25, 0.3) is 0 Å². The molecule has 0 aliphatic rings. The highest BCUT2D eigenvalue weighted by Crippen LogP contribution is 2.20. The second-order valence-corrected chi connectivity index (χ2v) is 5.33. The van der Waals surface area contributed by atoms with Crippen LogP contribution in [0.1, 0.15) is 53.9 Å². The summed E-state index contributed by atoms with van der Waals surface area (Å²) in [6, 6.07) is 0. The molecule has 0 aliphatic heterocycles. The minimum absolute atomic E-state index is 0.249. The second kappa shape index (κ2) is 5.50. The van der Waals surface area contributed by atoms with Crippen LogP contribution in [-0.2, 0) is 4.79 Å². The van der Waals surface area contributed by atoms with E-state index in [1.165, 1.54) is 0 Å². The van der Waals surface area contributed by atoms with Crippen molar-refractivity contribution in [2.75, 3.05) is 6.54 Å². The average Bonchev–Trinajstić information content (AvgIpc) is 2.10. The molecule has 2 N–H and O–H groups in total. The first kappa shape index (κ1) is 14.4. The maximum atomic E-state index is 11.2. The molecule has 0 aromatic heterocycles. The Morgan fingerprint density at radius 1 is 1.20 bits per heavy atom. The van der Waals surface area contributed by atoms with Gasteiger partial charge in [-0.05, 0) is 31.2 Å². The highest BCUT2D eigenvalue weighted by atomic mass is 16.4.